The lowest BCUT2D eigenvalue weighted by Gasteiger charge is -2.37. The molecule has 0 saturated carbocycles. The second-order valence-electron chi connectivity index (χ2n) is 7.91. The number of unbranched alkanes of at least 4 members (excludes halogenated alkanes) is 1. The highest BCUT2D eigenvalue weighted by atomic mass is 35.5. The van der Waals surface area contributed by atoms with Gasteiger partial charge in [0.1, 0.15) is 5.75 Å². The van der Waals surface area contributed by atoms with Gasteiger partial charge < -0.3 is 14.8 Å². The van der Waals surface area contributed by atoms with Crippen molar-refractivity contribution in [1.82, 2.24) is 0 Å². The maximum Gasteiger partial charge on any atom is 0.235 e. The zero-order valence-corrected chi connectivity index (χ0v) is 19.3. The van der Waals surface area contributed by atoms with Gasteiger partial charge in [0.05, 0.1) is 12.0 Å². The van der Waals surface area contributed by atoms with Gasteiger partial charge in [0.25, 0.3) is 0 Å². The first-order valence-electron chi connectivity index (χ1n) is 10.5. The van der Waals surface area contributed by atoms with Gasteiger partial charge in [0.15, 0.2) is 0 Å². The monoisotopic (exact) mass is 449 g/mol. The molecule has 2 aromatic carbocycles. The summed E-state index contributed by atoms with van der Waals surface area (Å²) in [5.41, 5.74) is 2.81. The largest absolute Gasteiger partial charge is 0.493 e. The molecule has 0 atom stereocenters. The fraction of sp³-hybridized carbons (Fsp3) is 0.458. The number of nitrogens with one attached hydrogen (secondary N) is 1. The topological polar surface area (TPSA) is 47.6 Å². The van der Waals surface area contributed by atoms with E-state index in [9.17, 15) is 4.79 Å². The van der Waals surface area contributed by atoms with Crippen LogP contribution in [0.25, 0.3) is 0 Å². The number of benzene rings is 2. The summed E-state index contributed by atoms with van der Waals surface area (Å²) in [7, 11) is 0. The Morgan fingerprint density at radius 2 is 1.80 bits per heavy atom. The Balaban J connectivity index is 1.88. The van der Waals surface area contributed by atoms with Crippen LogP contribution >= 0.6 is 23.2 Å². The molecule has 1 heterocycles. The predicted molar refractivity (Wildman–Crippen MR) is 123 cm³/mol. The van der Waals surface area contributed by atoms with Crippen molar-refractivity contribution < 1.29 is 14.3 Å². The van der Waals surface area contributed by atoms with Crippen LogP contribution in [-0.2, 0) is 14.9 Å². The smallest absolute Gasteiger partial charge is 0.235 e. The third kappa shape index (κ3) is 4.93. The summed E-state index contributed by atoms with van der Waals surface area (Å²) in [6.07, 6.45) is 3.24. The normalized spacial score (nSPS) is 15.6. The van der Waals surface area contributed by atoms with Gasteiger partial charge in [-0.15, -0.1) is 0 Å². The summed E-state index contributed by atoms with van der Waals surface area (Å²) in [4.78, 5) is 13.6. The van der Waals surface area contributed by atoms with Gasteiger partial charge in [-0.1, -0.05) is 42.6 Å². The van der Waals surface area contributed by atoms with E-state index < -0.39 is 5.41 Å². The first kappa shape index (κ1) is 22.9. The molecule has 0 unspecified atom stereocenters. The van der Waals surface area contributed by atoms with Crippen LogP contribution in [0.15, 0.2) is 30.3 Å². The number of hydrogen-bond donors (Lipinski definition) is 1. The molecule has 162 valence electrons. The lowest BCUT2D eigenvalue weighted by molar-refractivity contribution is -0.125. The third-order valence-corrected chi connectivity index (χ3v) is 6.24. The van der Waals surface area contributed by atoms with E-state index in [1.165, 1.54) is 0 Å². The molecular weight excluding hydrogens is 421 g/mol. The molecule has 1 N–H and O–H groups in total. The lowest BCUT2D eigenvalue weighted by Crippen LogP contribution is -2.45. The number of amides is 1. The van der Waals surface area contributed by atoms with Crippen molar-refractivity contribution in [1.29, 1.82) is 0 Å². The van der Waals surface area contributed by atoms with Crippen molar-refractivity contribution in [3.63, 3.8) is 0 Å². The molecule has 30 heavy (non-hydrogen) atoms. The molecule has 2 aromatic rings. The summed E-state index contributed by atoms with van der Waals surface area (Å²) < 4.78 is 11.5. The Morgan fingerprint density at radius 1 is 1.13 bits per heavy atom. The highest BCUT2D eigenvalue weighted by Gasteiger charge is 2.43. The Labute approximate surface area is 188 Å². The standard InChI is InChI=1S/C24H29Cl2NO3/c1-4-5-10-30-22-16(2)13-19(14-17(22)3)27-23(28)24(8-11-29-12-9-24)20-7-6-18(25)15-21(20)26/h6-7,13-15H,4-5,8-12H2,1-3H3,(H,27,28). The van der Waals surface area contributed by atoms with E-state index in [4.69, 9.17) is 32.7 Å². The number of anilines is 1. The quantitative estimate of drug-likeness (QED) is 0.492. The number of aryl methyl sites for hydroxylation is 2. The average molecular weight is 450 g/mol. The third-order valence-electron chi connectivity index (χ3n) is 5.69. The second-order valence-corrected chi connectivity index (χ2v) is 8.76. The minimum atomic E-state index is -0.752. The van der Waals surface area contributed by atoms with Gasteiger partial charge in [0.2, 0.25) is 5.91 Å². The SMILES string of the molecule is CCCCOc1c(C)cc(NC(=O)C2(c3ccc(Cl)cc3Cl)CCOCC2)cc1C. The molecule has 6 heteroatoms. The van der Waals surface area contributed by atoms with E-state index in [0.717, 1.165) is 41.0 Å². The van der Waals surface area contributed by atoms with E-state index in [1.807, 2.05) is 32.0 Å². The number of hydrogen-bond acceptors (Lipinski definition) is 3. The van der Waals surface area contributed by atoms with Gasteiger partial charge in [-0.2, -0.15) is 0 Å². The van der Waals surface area contributed by atoms with Crippen molar-refractivity contribution in [3.8, 4) is 5.75 Å². The van der Waals surface area contributed by atoms with Crippen molar-refractivity contribution in [2.75, 3.05) is 25.1 Å². The van der Waals surface area contributed by atoms with Crippen LogP contribution in [0.4, 0.5) is 5.69 Å². The number of rotatable bonds is 7. The molecule has 0 bridgehead atoms. The van der Waals surface area contributed by atoms with Gasteiger partial charge in [-0.3, -0.25) is 4.79 Å². The summed E-state index contributed by atoms with van der Waals surface area (Å²) in [6, 6.07) is 9.26. The molecule has 3 rings (SSSR count). The Hall–Kier alpha value is -1.75. The molecule has 0 aliphatic carbocycles. The van der Waals surface area contributed by atoms with E-state index in [-0.39, 0.29) is 5.91 Å². The van der Waals surface area contributed by atoms with E-state index in [2.05, 4.69) is 12.2 Å². The second kappa shape index (κ2) is 10.0. The van der Waals surface area contributed by atoms with Crippen molar-refractivity contribution in [2.45, 2.75) is 51.9 Å². The zero-order chi connectivity index (χ0) is 21.7. The Morgan fingerprint density at radius 3 is 2.40 bits per heavy atom. The van der Waals surface area contributed by atoms with Crippen LogP contribution in [0.2, 0.25) is 10.0 Å². The first-order chi connectivity index (χ1) is 14.4. The molecule has 0 aromatic heterocycles. The van der Waals surface area contributed by atoms with Crippen molar-refractivity contribution >= 4 is 34.8 Å². The van der Waals surface area contributed by atoms with Crippen LogP contribution in [0.5, 0.6) is 5.75 Å². The van der Waals surface area contributed by atoms with Gasteiger partial charge >= 0.3 is 0 Å². The van der Waals surface area contributed by atoms with E-state index >= 15 is 0 Å². The summed E-state index contributed by atoms with van der Waals surface area (Å²) in [6.45, 7) is 7.86. The van der Waals surface area contributed by atoms with E-state index in [1.54, 1.807) is 12.1 Å². The minimum absolute atomic E-state index is 0.0755. The molecule has 1 amide bonds. The minimum Gasteiger partial charge on any atom is -0.493 e. The maximum absolute atomic E-state index is 13.6. The number of carbonyl (C=O) groups is 1. The zero-order valence-electron chi connectivity index (χ0n) is 17.8. The van der Waals surface area contributed by atoms with Crippen molar-refractivity contribution in [2.24, 2.45) is 0 Å². The van der Waals surface area contributed by atoms with Gasteiger partial charge in [-0.05, 0) is 74.1 Å². The molecule has 4 nitrogen and oxygen atoms in total. The number of halogens is 2. The van der Waals surface area contributed by atoms with Crippen LogP contribution < -0.4 is 10.1 Å². The highest BCUT2D eigenvalue weighted by Crippen LogP contribution is 2.41. The summed E-state index contributed by atoms with van der Waals surface area (Å²) in [5, 5.41) is 4.19. The first-order valence-corrected chi connectivity index (χ1v) is 11.2. The molecule has 1 aliphatic rings. The van der Waals surface area contributed by atoms with Crippen molar-refractivity contribution in [3.05, 3.63) is 57.1 Å². The number of ether oxygens (including phenoxy) is 2. The van der Waals surface area contributed by atoms with E-state index in [0.29, 0.717) is 42.7 Å². The highest BCUT2D eigenvalue weighted by molar-refractivity contribution is 6.35. The Kier molecular flexibility index (Phi) is 7.67. The predicted octanol–water partition coefficient (Wildman–Crippen LogP) is 6.48. The van der Waals surface area contributed by atoms with Crippen LogP contribution in [-0.4, -0.2) is 25.7 Å². The van der Waals surface area contributed by atoms with Crippen LogP contribution in [0, 0.1) is 13.8 Å². The lowest BCUT2D eigenvalue weighted by atomic mass is 9.73. The van der Waals surface area contributed by atoms with Gasteiger partial charge in [-0.25, -0.2) is 0 Å². The van der Waals surface area contributed by atoms with Crippen LogP contribution in [0.1, 0.15) is 49.3 Å². The number of carbonyl (C=O) groups excluding carboxylic acids is 1. The fourth-order valence-electron chi connectivity index (χ4n) is 4.04. The molecular formula is C24H29Cl2NO3. The fourth-order valence-corrected chi connectivity index (χ4v) is 4.62. The molecule has 1 aliphatic heterocycles. The molecule has 1 fully saturated rings. The summed E-state index contributed by atoms with van der Waals surface area (Å²) >= 11 is 12.6. The summed E-state index contributed by atoms with van der Waals surface area (Å²) in [5.74, 6) is 0.816. The Bertz CT molecular complexity index is 884. The van der Waals surface area contributed by atoms with Crippen LogP contribution in [0.3, 0.4) is 0 Å². The molecule has 0 spiro atoms. The molecule has 0 radical (unpaired) electrons. The maximum atomic E-state index is 13.6. The van der Waals surface area contributed by atoms with Gasteiger partial charge in [0, 0.05) is 28.9 Å². The molecule has 1 saturated heterocycles. The average Bonchev–Trinajstić information content (AvgIpc) is 2.70.